The minimum atomic E-state index is 0.452. The molecule has 1 aromatic carbocycles. The van der Waals surface area contributed by atoms with E-state index < -0.39 is 0 Å². The van der Waals surface area contributed by atoms with Gasteiger partial charge in [0.25, 0.3) is 0 Å². The molecule has 2 saturated heterocycles. The quantitative estimate of drug-likeness (QED) is 0.841. The smallest absolute Gasteiger partial charge is 0.132 e. The predicted molar refractivity (Wildman–Crippen MR) is 107 cm³/mol. The lowest BCUT2D eigenvalue weighted by atomic mass is 9.68. The first-order chi connectivity index (χ1) is 12.7. The number of benzene rings is 1. The first-order valence-corrected chi connectivity index (χ1v) is 9.98. The first-order valence-electron chi connectivity index (χ1n) is 9.98. The lowest BCUT2D eigenvalue weighted by Gasteiger charge is -2.50. The average molecular weight is 351 g/mol. The number of anilines is 1. The third-order valence-corrected chi connectivity index (χ3v) is 6.37. The zero-order valence-corrected chi connectivity index (χ0v) is 16.1. The van der Waals surface area contributed by atoms with Crippen LogP contribution in [-0.4, -0.2) is 47.6 Å². The molecule has 0 N–H and O–H groups in total. The maximum atomic E-state index is 4.49. The Morgan fingerprint density at radius 2 is 1.88 bits per heavy atom. The zero-order chi connectivity index (χ0) is 18.0. The molecule has 138 valence electrons. The average Bonchev–Trinajstić information content (AvgIpc) is 2.69. The molecule has 2 aromatic rings. The maximum Gasteiger partial charge on any atom is 0.132 e. The van der Waals surface area contributed by atoms with E-state index in [1.807, 2.05) is 6.92 Å². The molecule has 0 radical (unpaired) electrons. The molecule has 0 bridgehead atoms. The van der Waals surface area contributed by atoms with Crippen molar-refractivity contribution >= 4 is 5.82 Å². The van der Waals surface area contributed by atoms with Gasteiger partial charge in [0.2, 0.25) is 0 Å². The molecule has 26 heavy (non-hydrogen) atoms. The van der Waals surface area contributed by atoms with Gasteiger partial charge in [0, 0.05) is 37.9 Å². The molecular weight excluding hydrogens is 320 g/mol. The maximum absolute atomic E-state index is 4.49. The second-order valence-electron chi connectivity index (χ2n) is 8.14. The third kappa shape index (κ3) is 3.61. The minimum absolute atomic E-state index is 0.452. The summed E-state index contributed by atoms with van der Waals surface area (Å²) >= 11 is 0. The van der Waals surface area contributed by atoms with Gasteiger partial charge in [-0.05, 0) is 49.6 Å². The van der Waals surface area contributed by atoms with Gasteiger partial charge in [-0.15, -0.1) is 0 Å². The van der Waals surface area contributed by atoms with Crippen molar-refractivity contribution in [2.24, 2.45) is 5.41 Å². The van der Waals surface area contributed by atoms with Gasteiger partial charge in [0.05, 0.1) is 0 Å². The Morgan fingerprint density at radius 1 is 1.12 bits per heavy atom. The van der Waals surface area contributed by atoms with E-state index in [4.69, 9.17) is 0 Å². The van der Waals surface area contributed by atoms with Gasteiger partial charge >= 0.3 is 0 Å². The Hall–Kier alpha value is -1.94. The van der Waals surface area contributed by atoms with Crippen molar-refractivity contribution < 1.29 is 0 Å². The van der Waals surface area contributed by atoms with Crippen LogP contribution in [0.1, 0.15) is 43.4 Å². The van der Waals surface area contributed by atoms with Crippen LogP contribution in [0.2, 0.25) is 0 Å². The molecule has 0 amide bonds. The second kappa shape index (κ2) is 7.36. The molecule has 0 saturated carbocycles. The van der Waals surface area contributed by atoms with Gasteiger partial charge in [0.15, 0.2) is 0 Å². The number of likely N-dealkylation sites (N-methyl/N-ethyl adjacent to an activating group) is 1. The fourth-order valence-corrected chi connectivity index (χ4v) is 4.88. The van der Waals surface area contributed by atoms with Crippen molar-refractivity contribution in [3.8, 4) is 0 Å². The summed E-state index contributed by atoms with van der Waals surface area (Å²) in [6.45, 7) is 10.2. The predicted octanol–water partition coefficient (Wildman–Crippen LogP) is 3.88. The molecule has 3 heterocycles. The van der Waals surface area contributed by atoms with Crippen LogP contribution in [-0.2, 0) is 0 Å². The molecule has 2 fully saturated rings. The number of hydrogen-bond acceptors (Lipinski definition) is 4. The Labute approximate surface area is 157 Å². The Balaban J connectivity index is 1.49. The standard InChI is InChI=1S/C22H30N4/c1-3-25-15-20(19-7-5-4-6-8-19)14-22(16-25)9-11-26(12-10-22)21-13-18(2)23-17-24-21/h4-8,13,17,20H,3,9-12,14-16H2,1-2H3. The number of hydrogen-bond donors (Lipinski definition) is 0. The highest BCUT2D eigenvalue weighted by Crippen LogP contribution is 2.45. The van der Waals surface area contributed by atoms with Crippen LogP contribution in [0.5, 0.6) is 0 Å². The summed E-state index contributed by atoms with van der Waals surface area (Å²) in [5.41, 5.74) is 3.01. The molecule has 4 nitrogen and oxygen atoms in total. The molecule has 1 unspecified atom stereocenters. The number of likely N-dealkylation sites (tertiary alicyclic amines) is 1. The fraction of sp³-hybridized carbons (Fsp3) is 0.545. The molecule has 2 aliphatic heterocycles. The van der Waals surface area contributed by atoms with E-state index >= 15 is 0 Å². The van der Waals surface area contributed by atoms with Gasteiger partial charge in [0.1, 0.15) is 12.1 Å². The molecule has 1 aromatic heterocycles. The van der Waals surface area contributed by atoms with Crippen molar-refractivity contribution in [1.29, 1.82) is 0 Å². The molecule has 2 aliphatic rings. The number of nitrogens with zero attached hydrogens (tertiary/aromatic N) is 4. The summed E-state index contributed by atoms with van der Waals surface area (Å²) in [5.74, 6) is 1.76. The number of aromatic nitrogens is 2. The molecule has 4 heteroatoms. The third-order valence-electron chi connectivity index (χ3n) is 6.37. The van der Waals surface area contributed by atoms with Crippen LogP contribution in [0.15, 0.2) is 42.7 Å². The molecule has 4 rings (SSSR count). The minimum Gasteiger partial charge on any atom is -0.356 e. The summed E-state index contributed by atoms with van der Waals surface area (Å²) in [6, 6.07) is 13.2. The van der Waals surface area contributed by atoms with Crippen LogP contribution >= 0.6 is 0 Å². The summed E-state index contributed by atoms with van der Waals surface area (Å²) in [6.07, 6.45) is 5.54. The summed E-state index contributed by atoms with van der Waals surface area (Å²) in [5, 5.41) is 0. The van der Waals surface area contributed by atoms with Crippen molar-refractivity contribution in [3.05, 3.63) is 54.0 Å². The van der Waals surface area contributed by atoms with E-state index in [1.54, 1.807) is 6.33 Å². The van der Waals surface area contributed by atoms with Gasteiger partial charge in [-0.1, -0.05) is 37.3 Å². The fourth-order valence-electron chi connectivity index (χ4n) is 4.88. The molecule has 1 spiro atoms. The van der Waals surface area contributed by atoms with E-state index in [0.29, 0.717) is 11.3 Å². The summed E-state index contributed by atoms with van der Waals surface area (Å²) < 4.78 is 0. The van der Waals surface area contributed by atoms with Crippen molar-refractivity contribution in [1.82, 2.24) is 14.9 Å². The highest BCUT2D eigenvalue weighted by Gasteiger charge is 2.42. The normalized spacial score (nSPS) is 23.3. The highest BCUT2D eigenvalue weighted by atomic mass is 15.2. The summed E-state index contributed by atoms with van der Waals surface area (Å²) in [4.78, 5) is 13.9. The lowest BCUT2D eigenvalue weighted by Crippen LogP contribution is -2.51. The van der Waals surface area contributed by atoms with Crippen LogP contribution in [0.4, 0.5) is 5.82 Å². The van der Waals surface area contributed by atoms with Crippen molar-refractivity contribution in [2.75, 3.05) is 37.6 Å². The van der Waals surface area contributed by atoms with Crippen LogP contribution in [0.3, 0.4) is 0 Å². The largest absolute Gasteiger partial charge is 0.356 e. The van der Waals surface area contributed by atoms with Crippen molar-refractivity contribution in [2.45, 2.75) is 39.0 Å². The SMILES string of the molecule is CCN1CC(c2ccccc2)CC2(CCN(c3cc(C)ncn3)CC2)C1. The number of rotatable bonds is 3. The topological polar surface area (TPSA) is 32.3 Å². The Bertz CT molecular complexity index is 722. The van der Waals surface area contributed by atoms with Crippen LogP contribution in [0, 0.1) is 12.3 Å². The van der Waals surface area contributed by atoms with E-state index in [9.17, 15) is 0 Å². The monoisotopic (exact) mass is 350 g/mol. The number of piperidine rings is 2. The Kier molecular flexibility index (Phi) is 4.94. The van der Waals surface area contributed by atoms with Gasteiger partial charge in [-0.25, -0.2) is 9.97 Å². The molecule has 1 atom stereocenters. The van der Waals surface area contributed by atoms with E-state index in [-0.39, 0.29) is 0 Å². The van der Waals surface area contributed by atoms with E-state index in [2.05, 4.69) is 63.1 Å². The van der Waals surface area contributed by atoms with Crippen LogP contribution < -0.4 is 4.90 Å². The van der Waals surface area contributed by atoms with E-state index in [1.165, 1.54) is 37.9 Å². The van der Waals surface area contributed by atoms with Gasteiger partial charge < -0.3 is 9.80 Å². The van der Waals surface area contributed by atoms with Crippen molar-refractivity contribution in [3.63, 3.8) is 0 Å². The molecular formula is C22H30N4. The summed E-state index contributed by atoms with van der Waals surface area (Å²) in [7, 11) is 0. The van der Waals surface area contributed by atoms with E-state index in [0.717, 1.165) is 31.1 Å². The number of aryl methyl sites for hydroxylation is 1. The second-order valence-corrected chi connectivity index (χ2v) is 8.14. The van der Waals surface area contributed by atoms with Gasteiger partial charge in [-0.3, -0.25) is 0 Å². The zero-order valence-electron chi connectivity index (χ0n) is 16.1. The lowest BCUT2D eigenvalue weighted by molar-refractivity contribution is 0.0543. The Morgan fingerprint density at radius 3 is 2.58 bits per heavy atom. The van der Waals surface area contributed by atoms with Gasteiger partial charge in [-0.2, -0.15) is 0 Å². The molecule has 0 aliphatic carbocycles. The van der Waals surface area contributed by atoms with Crippen LogP contribution in [0.25, 0.3) is 0 Å². The highest BCUT2D eigenvalue weighted by molar-refractivity contribution is 5.39. The first kappa shape index (κ1) is 17.5.